The molecule has 0 bridgehead atoms. The fraction of sp³-hybridized carbons (Fsp3) is 0.533. The largest absolute Gasteiger partial charge is 0.479 e. The van der Waals surface area contributed by atoms with Crippen molar-refractivity contribution in [2.24, 2.45) is 13.0 Å². The minimum absolute atomic E-state index is 0.0763. The molecule has 15 heteroatoms. The Hall–Kier alpha value is -3.88. The summed E-state index contributed by atoms with van der Waals surface area (Å²) in [7, 11) is 1.53. The van der Waals surface area contributed by atoms with Gasteiger partial charge < -0.3 is 19.6 Å². The number of carboxylic acids is 1. The molecule has 9 nitrogen and oxygen atoms in total. The molecule has 244 valence electrons. The summed E-state index contributed by atoms with van der Waals surface area (Å²) in [4.78, 5) is 16.4. The molecule has 3 atom stereocenters. The number of aromatic nitrogens is 4. The Morgan fingerprint density at radius 2 is 1.71 bits per heavy atom. The van der Waals surface area contributed by atoms with E-state index in [0.717, 1.165) is 34.5 Å². The summed E-state index contributed by atoms with van der Waals surface area (Å²) in [5.74, 6) is -0.828. The van der Waals surface area contributed by atoms with E-state index in [1.54, 1.807) is 4.90 Å². The second kappa shape index (κ2) is 12.5. The molecule has 45 heavy (non-hydrogen) atoms. The zero-order chi connectivity index (χ0) is 32.7. The maximum Gasteiger partial charge on any atom is 0.416 e. The molecule has 3 unspecified atom stereocenters. The van der Waals surface area contributed by atoms with Crippen LogP contribution < -0.4 is 9.80 Å². The average molecular weight is 641 g/mol. The smallest absolute Gasteiger partial charge is 0.416 e. The molecule has 1 aromatic heterocycles. The van der Waals surface area contributed by atoms with Crippen LogP contribution in [-0.2, 0) is 35.5 Å². The molecule has 2 aliphatic rings. The summed E-state index contributed by atoms with van der Waals surface area (Å²) < 4.78 is 88.0. The highest BCUT2D eigenvalue weighted by Gasteiger charge is 2.38. The third-order valence-electron chi connectivity index (χ3n) is 8.31. The second-order valence-electron chi connectivity index (χ2n) is 11.8. The number of halogens is 6. The van der Waals surface area contributed by atoms with Crippen molar-refractivity contribution in [1.29, 1.82) is 0 Å². The molecular formula is C30H34F6N6O3. The zero-order valence-electron chi connectivity index (χ0n) is 25.0. The first-order valence-corrected chi connectivity index (χ1v) is 14.6. The van der Waals surface area contributed by atoms with Gasteiger partial charge in [-0.25, -0.2) is 4.79 Å². The van der Waals surface area contributed by atoms with E-state index in [-0.39, 0.29) is 30.0 Å². The van der Waals surface area contributed by atoms with E-state index in [4.69, 9.17) is 4.74 Å². The number of aliphatic carboxylic acids is 1. The van der Waals surface area contributed by atoms with Crippen LogP contribution in [0, 0.1) is 19.8 Å². The number of nitrogens with zero attached hydrogens (tertiary/aromatic N) is 6. The lowest BCUT2D eigenvalue weighted by molar-refractivity contribution is -0.155. The molecule has 0 radical (unpaired) electrons. The number of tetrazole rings is 1. The fourth-order valence-electron chi connectivity index (χ4n) is 6.40. The summed E-state index contributed by atoms with van der Waals surface area (Å²) in [6.45, 7) is 5.09. The van der Waals surface area contributed by atoms with Gasteiger partial charge in [0.25, 0.3) is 5.95 Å². The number of carbonyl (C=O) groups is 1. The molecule has 1 N–H and O–H groups in total. The number of anilines is 2. The van der Waals surface area contributed by atoms with Gasteiger partial charge in [0.05, 0.1) is 30.8 Å². The molecule has 3 aromatic rings. The van der Waals surface area contributed by atoms with E-state index in [2.05, 4.69) is 20.3 Å². The van der Waals surface area contributed by atoms with E-state index in [1.807, 2.05) is 26.0 Å². The summed E-state index contributed by atoms with van der Waals surface area (Å²) in [5, 5.41) is 21.6. The van der Waals surface area contributed by atoms with Gasteiger partial charge in [-0.3, -0.25) is 0 Å². The first-order chi connectivity index (χ1) is 21.1. The summed E-state index contributed by atoms with van der Waals surface area (Å²) in [6, 6.07) is 5.09. The van der Waals surface area contributed by atoms with Crippen LogP contribution in [0.1, 0.15) is 65.1 Å². The van der Waals surface area contributed by atoms with Crippen molar-refractivity contribution in [1.82, 2.24) is 20.2 Å². The molecular weight excluding hydrogens is 606 g/mol. The van der Waals surface area contributed by atoms with Crippen molar-refractivity contribution in [3.8, 4) is 0 Å². The minimum atomic E-state index is -4.98. The summed E-state index contributed by atoms with van der Waals surface area (Å²) in [6.07, 6.45) is -8.56. The Kier molecular flexibility index (Phi) is 9.02. The van der Waals surface area contributed by atoms with Gasteiger partial charge in [-0.1, -0.05) is 22.8 Å². The van der Waals surface area contributed by atoms with Crippen molar-refractivity contribution in [2.75, 3.05) is 29.5 Å². The Morgan fingerprint density at radius 3 is 2.27 bits per heavy atom. The number of ether oxygens (including phenoxy) is 1. The lowest BCUT2D eigenvalue weighted by atomic mass is 9.93. The lowest BCUT2D eigenvalue weighted by Gasteiger charge is -2.35. The van der Waals surface area contributed by atoms with Crippen LogP contribution in [0.15, 0.2) is 30.3 Å². The van der Waals surface area contributed by atoms with Crippen LogP contribution in [0.25, 0.3) is 0 Å². The summed E-state index contributed by atoms with van der Waals surface area (Å²) >= 11 is 0. The van der Waals surface area contributed by atoms with Gasteiger partial charge in [-0.05, 0) is 85.6 Å². The first-order valence-electron chi connectivity index (χ1n) is 14.6. The van der Waals surface area contributed by atoms with Crippen LogP contribution in [0.5, 0.6) is 0 Å². The number of alkyl halides is 6. The maximum absolute atomic E-state index is 13.7. The lowest BCUT2D eigenvalue weighted by Crippen LogP contribution is -2.39. The predicted octanol–water partition coefficient (Wildman–Crippen LogP) is 6.09. The number of benzene rings is 2. The summed E-state index contributed by atoms with van der Waals surface area (Å²) in [5.41, 5.74) is 0.690. The van der Waals surface area contributed by atoms with Gasteiger partial charge in [0, 0.05) is 25.3 Å². The number of carboxylic acid groups (broad SMARTS) is 1. The Labute approximate surface area is 255 Å². The molecule has 5 rings (SSSR count). The molecule has 0 spiro atoms. The van der Waals surface area contributed by atoms with Crippen molar-refractivity contribution in [3.63, 3.8) is 0 Å². The second-order valence-corrected chi connectivity index (χ2v) is 11.8. The number of rotatable bonds is 7. The highest BCUT2D eigenvalue weighted by Crippen LogP contribution is 2.43. The third kappa shape index (κ3) is 7.34. The highest BCUT2D eigenvalue weighted by atomic mass is 19.4. The standard InChI is InChI=1S/C30H34F6N6O3/c1-17-9-18(2)26-23(10-17)24(5-4-8-41(26)14-19-6-7-25(27(43)44)45-16-19)42(28-37-39-40(3)38-28)15-20-11-21(29(31,32)33)13-22(12-20)30(34,35)36/h9-13,19,24-25H,4-8,14-16H2,1-3H3,(H,43,44). The van der Waals surface area contributed by atoms with Crippen LogP contribution in [0.2, 0.25) is 0 Å². The molecule has 2 aromatic carbocycles. The molecule has 0 aliphatic carbocycles. The Morgan fingerprint density at radius 1 is 1.02 bits per heavy atom. The molecule has 3 heterocycles. The Balaban J connectivity index is 1.55. The number of aryl methyl sites for hydroxylation is 3. The SMILES string of the molecule is Cc1cc(C)c2c(c1)C(N(Cc1cc(C(F)(F)F)cc(C(F)(F)F)c1)c1nnn(C)n1)CCCN2CC1CCC(C(=O)O)OC1. The van der Waals surface area contributed by atoms with Gasteiger partial charge in [-0.15, -0.1) is 5.10 Å². The topological polar surface area (TPSA) is 96.6 Å². The van der Waals surface area contributed by atoms with Gasteiger partial charge in [-0.2, -0.15) is 31.1 Å². The number of hydrogen-bond acceptors (Lipinski definition) is 7. The van der Waals surface area contributed by atoms with Gasteiger partial charge in [0.15, 0.2) is 6.10 Å². The van der Waals surface area contributed by atoms with Crippen molar-refractivity contribution in [3.05, 3.63) is 63.7 Å². The van der Waals surface area contributed by atoms with Crippen molar-refractivity contribution >= 4 is 17.6 Å². The molecule has 1 fully saturated rings. The van der Waals surface area contributed by atoms with Crippen molar-refractivity contribution in [2.45, 2.75) is 70.6 Å². The fourth-order valence-corrected chi connectivity index (χ4v) is 6.40. The van der Waals surface area contributed by atoms with E-state index >= 15 is 0 Å². The molecule has 0 amide bonds. The number of fused-ring (bicyclic) bond motifs is 1. The van der Waals surface area contributed by atoms with E-state index in [1.165, 1.54) is 11.8 Å². The predicted molar refractivity (Wildman–Crippen MR) is 152 cm³/mol. The van der Waals surface area contributed by atoms with E-state index < -0.39 is 41.6 Å². The third-order valence-corrected chi connectivity index (χ3v) is 8.31. The van der Waals surface area contributed by atoms with Gasteiger partial charge in [0.1, 0.15) is 0 Å². The normalized spacial score (nSPS) is 20.9. The van der Waals surface area contributed by atoms with Crippen LogP contribution in [0.3, 0.4) is 0 Å². The van der Waals surface area contributed by atoms with Gasteiger partial charge >= 0.3 is 18.3 Å². The highest BCUT2D eigenvalue weighted by molar-refractivity contribution is 5.72. The Bertz CT molecular complexity index is 1500. The van der Waals surface area contributed by atoms with E-state index in [9.17, 15) is 36.2 Å². The molecule has 1 saturated heterocycles. The number of hydrogen-bond donors (Lipinski definition) is 1. The van der Waals surface area contributed by atoms with Crippen LogP contribution >= 0.6 is 0 Å². The van der Waals surface area contributed by atoms with Crippen LogP contribution in [-0.4, -0.2) is 57.1 Å². The average Bonchev–Trinajstić information content (AvgIpc) is 3.30. The van der Waals surface area contributed by atoms with E-state index in [0.29, 0.717) is 45.4 Å². The first kappa shape index (κ1) is 32.5. The zero-order valence-corrected chi connectivity index (χ0v) is 25.0. The maximum atomic E-state index is 13.7. The molecule has 0 saturated carbocycles. The minimum Gasteiger partial charge on any atom is -0.479 e. The monoisotopic (exact) mass is 640 g/mol. The van der Waals surface area contributed by atoms with Crippen molar-refractivity contribution < 1.29 is 41.0 Å². The quantitative estimate of drug-likeness (QED) is 0.310. The van der Waals surface area contributed by atoms with Gasteiger partial charge in [0.2, 0.25) is 0 Å². The van der Waals surface area contributed by atoms with Crippen LogP contribution in [0.4, 0.5) is 38.0 Å². The molecule has 2 aliphatic heterocycles.